The average molecular weight is 295 g/mol. The normalized spacial score (nSPS) is 12.1. The molecule has 5 nitrogen and oxygen atoms in total. The van der Waals surface area contributed by atoms with Gasteiger partial charge in [0, 0.05) is 6.54 Å². The largest absolute Gasteiger partial charge is 0.493 e. The monoisotopic (exact) mass is 295 g/mol. The zero-order chi connectivity index (χ0) is 15.8. The molecule has 0 N–H and O–H groups in total. The van der Waals surface area contributed by atoms with Gasteiger partial charge in [0.05, 0.1) is 19.8 Å². The van der Waals surface area contributed by atoms with Gasteiger partial charge in [-0.3, -0.25) is 0 Å². The fourth-order valence-electron chi connectivity index (χ4n) is 2.10. The fraction of sp³-hybridized carbons (Fsp3) is 0.562. The van der Waals surface area contributed by atoms with Crippen molar-refractivity contribution in [1.29, 1.82) is 0 Å². The molecule has 0 radical (unpaired) electrons. The van der Waals surface area contributed by atoms with Crippen LogP contribution in [0.5, 0.6) is 11.5 Å². The van der Waals surface area contributed by atoms with Gasteiger partial charge < -0.3 is 19.1 Å². The minimum absolute atomic E-state index is 0.162. The van der Waals surface area contributed by atoms with E-state index in [0.717, 1.165) is 19.6 Å². The summed E-state index contributed by atoms with van der Waals surface area (Å²) >= 11 is 0. The van der Waals surface area contributed by atoms with Crippen molar-refractivity contribution >= 4 is 5.97 Å². The standard InChI is InChI=1S/C16H25NO4/c1-6-17(7-2)11-12(3)21-16(18)13-8-9-14(19-4)15(10-13)20-5/h8-10,12H,6-7,11H2,1-5H3/t12-/m0/s1. The van der Waals surface area contributed by atoms with Gasteiger partial charge in [0.2, 0.25) is 0 Å². The molecule has 0 unspecified atom stereocenters. The van der Waals surface area contributed by atoms with Crippen molar-refractivity contribution < 1.29 is 19.0 Å². The van der Waals surface area contributed by atoms with Crippen molar-refractivity contribution in [3.8, 4) is 11.5 Å². The minimum Gasteiger partial charge on any atom is -0.493 e. The van der Waals surface area contributed by atoms with Crippen molar-refractivity contribution in [2.24, 2.45) is 0 Å². The van der Waals surface area contributed by atoms with Gasteiger partial charge in [0.1, 0.15) is 6.10 Å². The van der Waals surface area contributed by atoms with Crippen LogP contribution >= 0.6 is 0 Å². The third kappa shape index (κ3) is 4.93. The van der Waals surface area contributed by atoms with E-state index in [1.165, 1.54) is 7.11 Å². The van der Waals surface area contributed by atoms with Crippen LogP contribution in [0.3, 0.4) is 0 Å². The highest BCUT2D eigenvalue weighted by atomic mass is 16.5. The molecule has 0 saturated heterocycles. The first-order chi connectivity index (χ1) is 10.0. The van der Waals surface area contributed by atoms with E-state index in [1.807, 2.05) is 6.92 Å². The molecule has 0 spiro atoms. The second-order valence-corrected chi connectivity index (χ2v) is 4.77. The van der Waals surface area contributed by atoms with Gasteiger partial charge in [-0.15, -0.1) is 0 Å². The van der Waals surface area contributed by atoms with Crippen LogP contribution in [0.2, 0.25) is 0 Å². The lowest BCUT2D eigenvalue weighted by molar-refractivity contribution is 0.0260. The molecular formula is C16H25NO4. The quantitative estimate of drug-likeness (QED) is 0.690. The third-order valence-corrected chi connectivity index (χ3v) is 3.34. The molecule has 0 aliphatic carbocycles. The summed E-state index contributed by atoms with van der Waals surface area (Å²) in [6.07, 6.45) is -0.162. The van der Waals surface area contributed by atoms with Crippen LogP contribution in [0.25, 0.3) is 0 Å². The molecule has 1 aromatic rings. The Bertz CT molecular complexity index is 458. The topological polar surface area (TPSA) is 48.0 Å². The highest BCUT2D eigenvalue weighted by molar-refractivity contribution is 5.90. The van der Waals surface area contributed by atoms with Crippen LogP contribution in [0, 0.1) is 0 Å². The number of hydrogen-bond donors (Lipinski definition) is 0. The van der Waals surface area contributed by atoms with Crippen LogP contribution in [0.4, 0.5) is 0 Å². The summed E-state index contributed by atoms with van der Waals surface area (Å²) in [5.41, 5.74) is 0.457. The molecule has 1 aromatic carbocycles. The number of rotatable bonds is 8. The van der Waals surface area contributed by atoms with Crippen molar-refractivity contribution in [2.45, 2.75) is 26.9 Å². The first-order valence-corrected chi connectivity index (χ1v) is 7.21. The van der Waals surface area contributed by atoms with Gasteiger partial charge >= 0.3 is 5.97 Å². The van der Waals surface area contributed by atoms with Crippen LogP contribution < -0.4 is 9.47 Å². The van der Waals surface area contributed by atoms with Gasteiger partial charge in [-0.1, -0.05) is 13.8 Å². The summed E-state index contributed by atoms with van der Waals surface area (Å²) in [4.78, 5) is 14.4. The summed E-state index contributed by atoms with van der Waals surface area (Å²) in [5.74, 6) is 0.754. The minimum atomic E-state index is -0.351. The predicted molar refractivity (Wildman–Crippen MR) is 82.2 cm³/mol. The predicted octanol–water partition coefficient (Wildman–Crippen LogP) is 2.59. The Hall–Kier alpha value is -1.75. The molecule has 0 aliphatic heterocycles. The molecule has 21 heavy (non-hydrogen) atoms. The highest BCUT2D eigenvalue weighted by Crippen LogP contribution is 2.27. The maximum Gasteiger partial charge on any atom is 0.338 e. The lowest BCUT2D eigenvalue weighted by Crippen LogP contribution is -2.33. The first-order valence-electron chi connectivity index (χ1n) is 7.21. The molecule has 0 saturated carbocycles. The average Bonchev–Trinajstić information content (AvgIpc) is 2.51. The smallest absolute Gasteiger partial charge is 0.338 e. The van der Waals surface area contributed by atoms with Crippen LogP contribution in [-0.2, 0) is 4.74 Å². The third-order valence-electron chi connectivity index (χ3n) is 3.34. The summed E-state index contributed by atoms with van der Waals surface area (Å²) in [7, 11) is 3.10. The number of ether oxygens (including phenoxy) is 3. The fourth-order valence-corrected chi connectivity index (χ4v) is 2.10. The van der Waals surface area contributed by atoms with Crippen molar-refractivity contribution in [2.75, 3.05) is 33.9 Å². The number of methoxy groups -OCH3 is 2. The molecule has 0 bridgehead atoms. The summed E-state index contributed by atoms with van der Waals surface area (Å²) < 4.78 is 15.8. The maximum atomic E-state index is 12.1. The summed E-state index contributed by atoms with van der Waals surface area (Å²) in [5, 5.41) is 0. The van der Waals surface area contributed by atoms with Crippen LogP contribution in [0.1, 0.15) is 31.1 Å². The van der Waals surface area contributed by atoms with E-state index in [9.17, 15) is 4.79 Å². The SMILES string of the molecule is CCN(CC)C[C@H](C)OC(=O)c1ccc(OC)c(OC)c1. The molecule has 118 valence electrons. The number of benzene rings is 1. The highest BCUT2D eigenvalue weighted by Gasteiger charge is 2.16. The van der Waals surface area contributed by atoms with Crippen molar-refractivity contribution in [3.63, 3.8) is 0 Å². The Morgan fingerprint density at radius 3 is 2.29 bits per heavy atom. The van der Waals surface area contributed by atoms with Crippen LogP contribution in [0.15, 0.2) is 18.2 Å². The second-order valence-electron chi connectivity index (χ2n) is 4.77. The van der Waals surface area contributed by atoms with Crippen molar-refractivity contribution in [1.82, 2.24) is 4.90 Å². The zero-order valence-corrected chi connectivity index (χ0v) is 13.5. The first kappa shape index (κ1) is 17.3. The van der Waals surface area contributed by atoms with Gasteiger partial charge in [-0.2, -0.15) is 0 Å². The van der Waals surface area contributed by atoms with E-state index < -0.39 is 0 Å². The Balaban J connectivity index is 2.71. The number of esters is 1. The van der Waals surface area contributed by atoms with E-state index >= 15 is 0 Å². The molecule has 1 rings (SSSR count). The van der Waals surface area contributed by atoms with E-state index in [0.29, 0.717) is 17.1 Å². The van der Waals surface area contributed by atoms with E-state index in [-0.39, 0.29) is 12.1 Å². The summed E-state index contributed by atoms with van der Waals surface area (Å²) in [6, 6.07) is 5.00. The Kier molecular flexibility index (Phi) is 7.02. The second kappa shape index (κ2) is 8.52. The Morgan fingerprint density at radius 2 is 1.76 bits per heavy atom. The molecule has 0 amide bonds. The Labute approximate surface area is 126 Å². The van der Waals surface area contributed by atoms with Gasteiger partial charge in [0.25, 0.3) is 0 Å². The lowest BCUT2D eigenvalue weighted by atomic mass is 10.2. The van der Waals surface area contributed by atoms with Crippen LogP contribution in [-0.4, -0.2) is 50.8 Å². The Morgan fingerprint density at radius 1 is 1.14 bits per heavy atom. The van der Waals surface area contributed by atoms with Gasteiger partial charge in [-0.25, -0.2) is 4.79 Å². The zero-order valence-electron chi connectivity index (χ0n) is 13.5. The lowest BCUT2D eigenvalue weighted by Gasteiger charge is -2.22. The molecule has 0 heterocycles. The maximum absolute atomic E-state index is 12.1. The number of likely N-dealkylation sites (N-methyl/N-ethyl adjacent to an activating group) is 1. The summed E-state index contributed by atoms with van der Waals surface area (Å²) in [6.45, 7) is 8.69. The van der Waals surface area contributed by atoms with Crippen molar-refractivity contribution in [3.05, 3.63) is 23.8 Å². The van der Waals surface area contributed by atoms with Gasteiger partial charge in [-0.05, 0) is 38.2 Å². The molecule has 5 heteroatoms. The molecule has 0 aromatic heterocycles. The molecule has 0 aliphatic rings. The molecular weight excluding hydrogens is 270 g/mol. The van der Waals surface area contributed by atoms with E-state index in [2.05, 4.69) is 18.7 Å². The van der Waals surface area contributed by atoms with E-state index in [4.69, 9.17) is 14.2 Å². The molecule has 1 atom stereocenters. The number of carbonyl (C=O) groups is 1. The molecule has 0 fully saturated rings. The number of nitrogens with zero attached hydrogens (tertiary/aromatic N) is 1. The number of carbonyl (C=O) groups excluding carboxylic acids is 1. The number of hydrogen-bond acceptors (Lipinski definition) is 5. The van der Waals surface area contributed by atoms with Gasteiger partial charge in [0.15, 0.2) is 11.5 Å². The van der Waals surface area contributed by atoms with E-state index in [1.54, 1.807) is 25.3 Å².